The number of anilines is 2. The first kappa shape index (κ1) is 36.3. The van der Waals surface area contributed by atoms with Crippen molar-refractivity contribution in [2.45, 2.75) is 75.4 Å². The molecule has 5 aromatic rings. The Labute approximate surface area is 305 Å². The van der Waals surface area contributed by atoms with E-state index >= 15 is 0 Å². The van der Waals surface area contributed by atoms with Crippen LogP contribution in [0.15, 0.2) is 79.4 Å². The van der Waals surface area contributed by atoms with Crippen molar-refractivity contribution in [3.05, 3.63) is 96.1 Å². The summed E-state index contributed by atoms with van der Waals surface area (Å²) in [7, 11) is 0. The van der Waals surface area contributed by atoms with Crippen molar-refractivity contribution in [1.29, 1.82) is 0 Å². The van der Waals surface area contributed by atoms with Gasteiger partial charge in [0.25, 0.3) is 0 Å². The second-order valence-corrected chi connectivity index (χ2v) is 13.7. The van der Waals surface area contributed by atoms with Gasteiger partial charge in [-0.1, -0.05) is 74.0 Å². The number of benzene rings is 2. The Hall–Kier alpha value is -5.02. The van der Waals surface area contributed by atoms with E-state index in [0.29, 0.717) is 42.4 Å². The number of hydrogen-bond donors (Lipinski definition) is 3. The Balaban J connectivity index is 1.25. The summed E-state index contributed by atoms with van der Waals surface area (Å²) in [5.41, 5.74) is 3.81. The van der Waals surface area contributed by atoms with E-state index in [2.05, 4.69) is 49.9 Å². The number of carbonyl (C=O) groups is 1. The van der Waals surface area contributed by atoms with Crippen LogP contribution in [0.2, 0.25) is 0 Å². The van der Waals surface area contributed by atoms with Crippen molar-refractivity contribution in [2.75, 3.05) is 43.4 Å². The van der Waals surface area contributed by atoms with Gasteiger partial charge in [0.15, 0.2) is 23.1 Å². The average Bonchev–Trinajstić information content (AvgIpc) is 3.90. The number of nitrogens with zero attached hydrogens (tertiary/aromatic N) is 7. The first-order chi connectivity index (χ1) is 25.7. The number of halogens is 3. The summed E-state index contributed by atoms with van der Waals surface area (Å²) in [6.07, 6.45) is 0.870. The lowest BCUT2D eigenvalue weighted by Gasteiger charge is -2.26. The van der Waals surface area contributed by atoms with E-state index in [-0.39, 0.29) is 12.3 Å². The molecule has 2 fully saturated rings. The van der Waals surface area contributed by atoms with Crippen LogP contribution in [-0.2, 0) is 16.0 Å². The number of rotatable bonds is 13. The van der Waals surface area contributed by atoms with Gasteiger partial charge in [0, 0.05) is 31.7 Å². The quantitative estimate of drug-likeness (QED) is 0.129. The summed E-state index contributed by atoms with van der Waals surface area (Å²) in [6.45, 7) is 5.83. The first-order valence-corrected chi connectivity index (χ1v) is 18.2. The Kier molecular flexibility index (Phi) is 10.9. The van der Waals surface area contributed by atoms with E-state index < -0.39 is 36.4 Å². The van der Waals surface area contributed by atoms with Gasteiger partial charge < -0.3 is 29.9 Å². The molecule has 0 bridgehead atoms. The van der Waals surface area contributed by atoms with Crippen LogP contribution in [0, 0.1) is 0 Å². The minimum absolute atomic E-state index is 0.0426. The van der Waals surface area contributed by atoms with E-state index in [1.165, 1.54) is 17.4 Å². The fourth-order valence-electron chi connectivity index (χ4n) is 7.45. The van der Waals surface area contributed by atoms with Crippen LogP contribution in [0.4, 0.5) is 24.9 Å². The molecule has 1 aliphatic heterocycles. The molecule has 15 heteroatoms. The number of piperidine rings is 1. The lowest BCUT2D eigenvalue weighted by molar-refractivity contribution is -0.210. The largest absolute Gasteiger partial charge is 0.490 e. The first-order valence-electron chi connectivity index (χ1n) is 18.2. The van der Waals surface area contributed by atoms with Crippen molar-refractivity contribution in [3.8, 4) is 0 Å². The molecule has 4 heterocycles. The fourth-order valence-corrected chi connectivity index (χ4v) is 7.45. The number of aryl methyl sites for hydroxylation is 1. The van der Waals surface area contributed by atoms with Gasteiger partial charge in [0.1, 0.15) is 6.10 Å². The second kappa shape index (κ2) is 15.9. The maximum atomic E-state index is 13.5. The number of aliphatic hydroxyl groups is 1. The number of hydrogen-bond acceptors (Lipinski definition) is 10. The number of ether oxygens (including phenoxy) is 1. The number of esters is 1. The monoisotopic (exact) mass is 731 g/mol. The van der Waals surface area contributed by atoms with Crippen LogP contribution in [0.1, 0.15) is 67.3 Å². The SMILES string of the molecule is CCc1cnn([C@H]2C[C@@H](n3cnc4c(NCC(c5ccccc5)c5ccccc5)nc(NCCN5CCCCC5)nc43)[C@H](OC(=O)C(F)(F)F)[C@@H]2O)c1. The lowest BCUT2D eigenvalue weighted by Crippen LogP contribution is -2.39. The highest BCUT2D eigenvalue weighted by Crippen LogP contribution is 2.42. The zero-order chi connectivity index (χ0) is 37.0. The molecule has 0 amide bonds. The van der Waals surface area contributed by atoms with Crippen molar-refractivity contribution in [2.24, 2.45) is 0 Å². The summed E-state index contributed by atoms with van der Waals surface area (Å²) < 4.78 is 48.8. The average molecular weight is 732 g/mol. The molecule has 0 radical (unpaired) electrons. The van der Waals surface area contributed by atoms with Gasteiger partial charge in [-0.2, -0.15) is 28.2 Å². The molecule has 4 atom stereocenters. The molecule has 3 aromatic heterocycles. The summed E-state index contributed by atoms with van der Waals surface area (Å²) in [4.78, 5) is 28.9. The number of imidazole rings is 1. The van der Waals surface area contributed by atoms with Gasteiger partial charge >= 0.3 is 12.1 Å². The fraction of sp³-hybridized carbons (Fsp3) is 0.447. The van der Waals surface area contributed by atoms with Crippen molar-refractivity contribution < 1.29 is 27.8 Å². The Morgan fingerprint density at radius 2 is 1.68 bits per heavy atom. The molecular formula is C38H44F3N9O3. The zero-order valence-corrected chi connectivity index (χ0v) is 29.5. The molecule has 280 valence electrons. The van der Waals surface area contributed by atoms with Gasteiger partial charge in [0.05, 0.1) is 24.6 Å². The maximum absolute atomic E-state index is 13.5. The summed E-state index contributed by atoms with van der Waals surface area (Å²) in [6, 6.07) is 18.5. The molecule has 2 aliphatic rings. The molecular weight excluding hydrogens is 687 g/mol. The highest BCUT2D eigenvalue weighted by molar-refractivity contribution is 5.84. The molecule has 1 saturated carbocycles. The number of aromatic nitrogens is 6. The molecule has 3 N–H and O–H groups in total. The topological polar surface area (TPSA) is 135 Å². The molecule has 7 rings (SSSR count). The third-order valence-electron chi connectivity index (χ3n) is 10.3. The third-order valence-corrected chi connectivity index (χ3v) is 10.3. The van der Waals surface area contributed by atoms with E-state index in [0.717, 1.165) is 49.2 Å². The Morgan fingerprint density at radius 3 is 2.32 bits per heavy atom. The summed E-state index contributed by atoms with van der Waals surface area (Å²) in [5, 5.41) is 22.7. The zero-order valence-electron chi connectivity index (χ0n) is 29.5. The van der Waals surface area contributed by atoms with Gasteiger partial charge in [-0.05, 0) is 55.5 Å². The van der Waals surface area contributed by atoms with E-state index in [1.54, 1.807) is 17.0 Å². The standard InChI is InChI=1S/C38H44F3N9O3/c1-2-25-21-45-50(23-25)29-20-30(33(32(29)51)53-36(52)38(39,40)41)49-24-44-31-34(46-37(47-35(31)49)42-16-19-48-17-10-5-11-18-48)43-22-28(26-12-6-3-7-13-26)27-14-8-4-9-15-27/h3-4,6-9,12-15,21,23-24,28-30,32-33,51H,2,5,10-11,16-20,22H2,1H3,(H2,42,43,46,47)/t29-,30+,32+,33-/m0/s1. The van der Waals surface area contributed by atoms with Crippen molar-refractivity contribution in [1.82, 2.24) is 34.2 Å². The van der Waals surface area contributed by atoms with E-state index in [4.69, 9.17) is 14.7 Å². The predicted molar refractivity (Wildman–Crippen MR) is 194 cm³/mol. The lowest BCUT2D eigenvalue weighted by atomic mass is 9.91. The molecule has 53 heavy (non-hydrogen) atoms. The maximum Gasteiger partial charge on any atom is 0.490 e. The number of nitrogens with one attached hydrogen (secondary N) is 2. The number of alkyl halides is 3. The molecule has 1 saturated heterocycles. The summed E-state index contributed by atoms with van der Waals surface area (Å²) >= 11 is 0. The number of likely N-dealkylation sites (tertiary alicyclic amines) is 1. The minimum Gasteiger partial charge on any atom is -0.451 e. The predicted octanol–water partition coefficient (Wildman–Crippen LogP) is 5.75. The van der Waals surface area contributed by atoms with Crippen molar-refractivity contribution >= 4 is 28.9 Å². The van der Waals surface area contributed by atoms with Crippen LogP contribution in [-0.4, -0.2) is 96.4 Å². The number of aliphatic hydroxyl groups excluding tert-OH is 1. The molecule has 0 unspecified atom stereocenters. The Bertz CT molecular complexity index is 1930. The van der Waals surface area contributed by atoms with Crippen LogP contribution in [0.5, 0.6) is 0 Å². The number of fused-ring (bicyclic) bond motifs is 1. The molecule has 1 aliphatic carbocycles. The minimum atomic E-state index is -5.25. The Morgan fingerprint density at radius 1 is 0.981 bits per heavy atom. The van der Waals surface area contributed by atoms with E-state index in [1.807, 2.05) is 43.3 Å². The summed E-state index contributed by atoms with van der Waals surface area (Å²) in [5.74, 6) is -1.67. The van der Waals surface area contributed by atoms with Crippen LogP contribution >= 0.6 is 0 Å². The van der Waals surface area contributed by atoms with Gasteiger partial charge in [-0.3, -0.25) is 4.68 Å². The van der Waals surface area contributed by atoms with Crippen LogP contribution < -0.4 is 10.6 Å². The third kappa shape index (κ3) is 8.15. The highest BCUT2D eigenvalue weighted by Gasteiger charge is 2.51. The van der Waals surface area contributed by atoms with Crippen LogP contribution in [0.3, 0.4) is 0 Å². The van der Waals surface area contributed by atoms with Crippen LogP contribution in [0.25, 0.3) is 11.2 Å². The highest BCUT2D eigenvalue weighted by atomic mass is 19.4. The van der Waals surface area contributed by atoms with Gasteiger partial charge in [-0.15, -0.1) is 0 Å². The van der Waals surface area contributed by atoms with Gasteiger partial charge in [0.2, 0.25) is 5.95 Å². The molecule has 0 spiro atoms. The van der Waals surface area contributed by atoms with Gasteiger partial charge in [-0.25, -0.2) is 9.78 Å². The van der Waals surface area contributed by atoms with E-state index in [9.17, 15) is 23.1 Å². The van der Waals surface area contributed by atoms with Crippen molar-refractivity contribution in [3.63, 3.8) is 0 Å². The molecule has 2 aromatic carbocycles. The normalized spacial score (nSPS) is 20.9. The molecule has 12 nitrogen and oxygen atoms in total. The second-order valence-electron chi connectivity index (χ2n) is 13.7. The number of carbonyl (C=O) groups excluding carboxylic acids is 1. The smallest absolute Gasteiger partial charge is 0.451 e.